The predicted molar refractivity (Wildman–Crippen MR) is 89.1 cm³/mol. The normalized spacial score (nSPS) is 19.2. The number of carbonyl (C=O) groups excluding carboxylic acids is 1. The number of nitrogens with one attached hydrogen (secondary N) is 1. The van der Waals surface area contributed by atoms with Gasteiger partial charge in [0.25, 0.3) is 0 Å². The Morgan fingerprint density at radius 3 is 2.76 bits per heavy atom. The molecule has 9 nitrogen and oxygen atoms in total. The molecule has 138 valence electrons. The van der Waals surface area contributed by atoms with Crippen LogP contribution in [0.3, 0.4) is 0 Å². The van der Waals surface area contributed by atoms with Crippen molar-refractivity contribution in [3.8, 4) is 11.5 Å². The van der Waals surface area contributed by atoms with Gasteiger partial charge in [0.1, 0.15) is 23.8 Å². The minimum Gasteiger partial charge on any atom is -0.505 e. The van der Waals surface area contributed by atoms with Crippen molar-refractivity contribution >= 4 is 11.8 Å². The Bertz CT molecular complexity index is 636. The van der Waals surface area contributed by atoms with E-state index in [1.165, 1.54) is 19.4 Å². The molecule has 0 bridgehead atoms. The van der Waals surface area contributed by atoms with Gasteiger partial charge in [0.15, 0.2) is 11.4 Å². The van der Waals surface area contributed by atoms with E-state index in [0.717, 1.165) is 0 Å². The first kappa shape index (κ1) is 18.9. The summed E-state index contributed by atoms with van der Waals surface area (Å²) in [7, 11) is 2.91. The largest absolute Gasteiger partial charge is 0.505 e. The Hall–Kier alpha value is -2.39. The zero-order valence-corrected chi connectivity index (χ0v) is 14.6. The summed E-state index contributed by atoms with van der Waals surface area (Å²) in [6, 6.07) is 1.44. The van der Waals surface area contributed by atoms with Crippen LogP contribution in [0.2, 0.25) is 0 Å². The fourth-order valence-corrected chi connectivity index (χ4v) is 2.21. The molecular formula is C16H23N3O6. The first-order chi connectivity index (χ1) is 12.0. The molecule has 0 fully saturated rings. The van der Waals surface area contributed by atoms with E-state index in [-0.39, 0.29) is 18.0 Å². The molecule has 0 radical (unpaired) electrons. The zero-order valence-electron chi connectivity index (χ0n) is 14.6. The van der Waals surface area contributed by atoms with E-state index in [4.69, 9.17) is 18.9 Å². The molecule has 1 atom stereocenters. The topological polar surface area (TPSA) is 112 Å². The minimum absolute atomic E-state index is 0.0989. The second-order valence-corrected chi connectivity index (χ2v) is 5.57. The lowest BCUT2D eigenvalue weighted by Crippen LogP contribution is -2.38. The van der Waals surface area contributed by atoms with Gasteiger partial charge in [0.2, 0.25) is 0 Å². The summed E-state index contributed by atoms with van der Waals surface area (Å²) in [6.07, 6.45) is 1.47. The molecule has 1 aliphatic rings. The Balaban J connectivity index is 1.96. The van der Waals surface area contributed by atoms with Crippen LogP contribution in [0.5, 0.6) is 11.5 Å². The highest BCUT2D eigenvalue weighted by Gasteiger charge is 2.39. The highest BCUT2D eigenvalue weighted by molar-refractivity contribution is 6.03. The zero-order chi connectivity index (χ0) is 18.3. The van der Waals surface area contributed by atoms with Crippen LogP contribution in [0.15, 0.2) is 17.3 Å². The Kier molecular flexibility index (Phi) is 6.54. The maximum atomic E-state index is 11.8. The van der Waals surface area contributed by atoms with Crippen molar-refractivity contribution in [2.45, 2.75) is 12.5 Å². The standard InChI is InChI=1S/C16H23N3O6/c1-16(15(21)23-3)10-18-14(19-16)13-12(20)8-11(9-17-13)25-7-6-24-5-4-22-2/h8-9,20H,4-7,10H2,1-3H3,(H,18,19). The maximum absolute atomic E-state index is 11.8. The van der Waals surface area contributed by atoms with Gasteiger partial charge in [-0.15, -0.1) is 0 Å². The summed E-state index contributed by atoms with van der Waals surface area (Å²) in [5, 5.41) is 13.1. The summed E-state index contributed by atoms with van der Waals surface area (Å²) < 4.78 is 20.3. The summed E-state index contributed by atoms with van der Waals surface area (Å²) >= 11 is 0. The van der Waals surface area contributed by atoms with Crippen LogP contribution in [-0.4, -0.2) is 74.6 Å². The molecular weight excluding hydrogens is 330 g/mol. The van der Waals surface area contributed by atoms with Crippen molar-refractivity contribution in [1.82, 2.24) is 10.3 Å². The molecule has 9 heteroatoms. The van der Waals surface area contributed by atoms with E-state index in [2.05, 4.69) is 15.3 Å². The molecule has 1 aromatic rings. The molecule has 2 N–H and O–H groups in total. The van der Waals surface area contributed by atoms with Gasteiger partial charge < -0.3 is 29.4 Å². The number of pyridine rings is 1. The third-order valence-electron chi connectivity index (χ3n) is 3.58. The van der Waals surface area contributed by atoms with Gasteiger partial charge in [-0.05, 0) is 6.92 Å². The Morgan fingerprint density at radius 1 is 1.32 bits per heavy atom. The minimum atomic E-state index is -1.03. The molecule has 1 unspecified atom stereocenters. The molecule has 1 aromatic heterocycles. The van der Waals surface area contributed by atoms with Crippen LogP contribution < -0.4 is 10.1 Å². The quantitative estimate of drug-likeness (QED) is 0.475. The lowest BCUT2D eigenvalue weighted by atomic mass is 10.1. The number of carbonyl (C=O) groups is 1. The summed E-state index contributed by atoms with van der Waals surface area (Å²) in [4.78, 5) is 20.2. The van der Waals surface area contributed by atoms with Gasteiger partial charge in [-0.1, -0.05) is 0 Å². The number of esters is 1. The number of rotatable bonds is 9. The van der Waals surface area contributed by atoms with Crippen molar-refractivity contribution in [3.05, 3.63) is 18.0 Å². The number of ether oxygens (including phenoxy) is 4. The molecule has 0 aromatic carbocycles. The maximum Gasteiger partial charge on any atom is 0.335 e. The molecule has 25 heavy (non-hydrogen) atoms. The van der Waals surface area contributed by atoms with Crippen molar-refractivity contribution in [1.29, 1.82) is 0 Å². The van der Waals surface area contributed by atoms with E-state index >= 15 is 0 Å². The Morgan fingerprint density at radius 2 is 2.08 bits per heavy atom. The van der Waals surface area contributed by atoms with Crippen LogP contribution in [-0.2, 0) is 19.0 Å². The highest BCUT2D eigenvalue weighted by atomic mass is 16.5. The van der Waals surface area contributed by atoms with Crippen LogP contribution >= 0.6 is 0 Å². The number of amidine groups is 1. The van der Waals surface area contributed by atoms with Crippen LogP contribution in [0, 0.1) is 0 Å². The van der Waals surface area contributed by atoms with Crippen molar-refractivity contribution < 1.29 is 28.8 Å². The third kappa shape index (κ3) is 4.80. The van der Waals surface area contributed by atoms with Gasteiger partial charge in [-0.2, -0.15) is 0 Å². The number of aromatic nitrogens is 1. The third-order valence-corrected chi connectivity index (χ3v) is 3.58. The number of nitrogens with zero attached hydrogens (tertiary/aromatic N) is 2. The SMILES string of the molecule is COCCOCCOc1cnc(C2=NC(C)(C(=O)OC)CN2)c(O)c1. The lowest BCUT2D eigenvalue weighted by molar-refractivity contribution is -0.145. The number of aliphatic imine (C=N–C) groups is 1. The van der Waals surface area contributed by atoms with Crippen LogP contribution in [0.25, 0.3) is 0 Å². The number of methoxy groups -OCH3 is 2. The smallest absolute Gasteiger partial charge is 0.335 e. The first-order valence-corrected chi connectivity index (χ1v) is 7.81. The summed E-state index contributed by atoms with van der Waals surface area (Å²) in [5.74, 6) is 0.187. The monoisotopic (exact) mass is 353 g/mol. The van der Waals surface area contributed by atoms with Gasteiger partial charge >= 0.3 is 5.97 Å². The fraction of sp³-hybridized carbons (Fsp3) is 0.562. The molecule has 2 rings (SSSR count). The molecule has 0 saturated heterocycles. The Labute approximate surface area is 146 Å². The fourth-order valence-electron chi connectivity index (χ4n) is 2.21. The van der Waals surface area contributed by atoms with Gasteiger partial charge in [-0.25, -0.2) is 14.8 Å². The first-order valence-electron chi connectivity index (χ1n) is 7.81. The summed E-state index contributed by atoms with van der Waals surface area (Å²) in [6.45, 7) is 3.66. The second kappa shape index (κ2) is 8.63. The predicted octanol–water partition coefficient (Wildman–Crippen LogP) is 0.111. The molecule has 0 aliphatic carbocycles. The molecule has 0 saturated carbocycles. The van der Waals surface area contributed by atoms with E-state index in [9.17, 15) is 9.90 Å². The second-order valence-electron chi connectivity index (χ2n) is 5.57. The lowest BCUT2D eigenvalue weighted by Gasteiger charge is -2.15. The number of hydrogen-bond acceptors (Lipinski definition) is 9. The molecule has 2 heterocycles. The van der Waals surface area contributed by atoms with Crippen molar-refractivity contribution in [3.63, 3.8) is 0 Å². The van der Waals surface area contributed by atoms with Crippen molar-refractivity contribution in [2.24, 2.45) is 4.99 Å². The molecule has 0 spiro atoms. The summed E-state index contributed by atoms with van der Waals surface area (Å²) in [5.41, 5.74) is -0.788. The molecule has 1 aliphatic heterocycles. The van der Waals surface area contributed by atoms with Gasteiger partial charge in [-0.3, -0.25) is 0 Å². The van der Waals surface area contributed by atoms with Crippen LogP contribution in [0.1, 0.15) is 12.6 Å². The highest BCUT2D eigenvalue weighted by Crippen LogP contribution is 2.25. The average Bonchev–Trinajstić information content (AvgIpc) is 3.00. The average molecular weight is 353 g/mol. The van der Waals surface area contributed by atoms with Crippen LogP contribution in [0.4, 0.5) is 0 Å². The number of aromatic hydroxyl groups is 1. The van der Waals surface area contributed by atoms with Gasteiger partial charge in [0.05, 0.1) is 39.7 Å². The van der Waals surface area contributed by atoms with E-state index in [1.54, 1.807) is 14.0 Å². The molecule has 0 amide bonds. The van der Waals surface area contributed by atoms with E-state index in [0.29, 0.717) is 38.0 Å². The number of hydrogen-bond donors (Lipinski definition) is 2. The van der Waals surface area contributed by atoms with E-state index in [1.807, 2.05) is 0 Å². The van der Waals surface area contributed by atoms with Gasteiger partial charge in [0, 0.05) is 13.2 Å². The van der Waals surface area contributed by atoms with Crippen molar-refractivity contribution in [2.75, 3.05) is 47.2 Å². The van der Waals surface area contributed by atoms with E-state index < -0.39 is 11.5 Å².